The molecule has 1 saturated carbocycles. The molecular weight excluding hydrogens is 359 g/mol. The van der Waals surface area contributed by atoms with Crippen LogP contribution in [0.3, 0.4) is 0 Å². The topological polar surface area (TPSA) is 67.4 Å². The van der Waals surface area contributed by atoms with Gasteiger partial charge >= 0.3 is 0 Å². The van der Waals surface area contributed by atoms with Crippen LogP contribution in [0, 0.1) is 17.7 Å². The Bertz CT molecular complexity index is 798. The van der Waals surface area contributed by atoms with Crippen molar-refractivity contribution in [3.63, 3.8) is 0 Å². The minimum absolute atomic E-state index is 0.0125. The van der Waals surface area contributed by atoms with Crippen molar-refractivity contribution in [1.29, 1.82) is 0 Å². The number of carbonyl (C=O) groups excluding carboxylic acids is 2. The minimum atomic E-state index is -0.336. The van der Waals surface area contributed by atoms with E-state index in [0.717, 1.165) is 11.4 Å². The van der Waals surface area contributed by atoms with Crippen LogP contribution in [0.4, 0.5) is 15.8 Å². The molecule has 0 spiro atoms. The summed E-state index contributed by atoms with van der Waals surface area (Å²) in [6.45, 7) is 2.52. The summed E-state index contributed by atoms with van der Waals surface area (Å²) in [4.78, 5) is 24.9. The summed E-state index contributed by atoms with van der Waals surface area (Å²) in [5.74, 6) is 0.129. The highest BCUT2D eigenvalue weighted by atomic mass is 19.1. The Balaban J connectivity index is 1.46. The van der Waals surface area contributed by atoms with Crippen LogP contribution in [-0.4, -0.2) is 18.4 Å². The Labute approximate surface area is 164 Å². The second-order valence-corrected chi connectivity index (χ2v) is 6.99. The van der Waals surface area contributed by atoms with Gasteiger partial charge in [-0.05, 0) is 81.1 Å². The van der Waals surface area contributed by atoms with Crippen molar-refractivity contribution in [3.05, 3.63) is 54.3 Å². The molecule has 1 aliphatic rings. The molecule has 0 saturated heterocycles. The van der Waals surface area contributed by atoms with Crippen molar-refractivity contribution in [2.75, 3.05) is 17.2 Å². The maximum atomic E-state index is 13.0. The first kappa shape index (κ1) is 19.9. The molecule has 0 bridgehead atoms. The number of anilines is 2. The van der Waals surface area contributed by atoms with Crippen molar-refractivity contribution in [2.24, 2.45) is 11.8 Å². The van der Waals surface area contributed by atoms with Gasteiger partial charge in [-0.15, -0.1) is 0 Å². The molecule has 0 aromatic heterocycles. The summed E-state index contributed by atoms with van der Waals surface area (Å²) >= 11 is 0. The van der Waals surface area contributed by atoms with Crippen LogP contribution in [0.5, 0.6) is 5.75 Å². The largest absolute Gasteiger partial charge is 0.494 e. The molecule has 2 aromatic carbocycles. The van der Waals surface area contributed by atoms with Gasteiger partial charge in [-0.2, -0.15) is 0 Å². The molecule has 148 valence electrons. The van der Waals surface area contributed by atoms with Gasteiger partial charge in [-0.3, -0.25) is 9.59 Å². The molecule has 5 nitrogen and oxygen atoms in total. The van der Waals surface area contributed by atoms with Gasteiger partial charge < -0.3 is 15.4 Å². The van der Waals surface area contributed by atoms with E-state index in [2.05, 4.69) is 10.6 Å². The van der Waals surface area contributed by atoms with Crippen LogP contribution in [-0.2, 0) is 9.59 Å². The third-order valence-electron chi connectivity index (χ3n) is 5.01. The summed E-state index contributed by atoms with van der Waals surface area (Å²) in [6.07, 6.45) is 2.66. The van der Waals surface area contributed by atoms with E-state index >= 15 is 0 Å². The van der Waals surface area contributed by atoms with Gasteiger partial charge in [0.25, 0.3) is 0 Å². The van der Waals surface area contributed by atoms with Crippen LogP contribution in [0.2, 0.25) is 0 Å². The van der Waals surface area contributed by atoms with E-state index in [1.165, 1.54) is 12.1 Å². The van der Waals surface area contributed by atoms with E-state index in [1.807, 2.05) is 31.2 Å². The van der Waals surface area contributed by atoms with Crippen LogP contribution in [0.25, 0.3) is 0 Å². The van der Waals surface area contributed by atoms with E-state index in [-0.39, 0.29) is 29.5 Å². The van der Waals surface area contributed by atoms with Gasteiger partial charge in [0, 0.05) is 23.2 Å². The number of amides is 2. The summed E-state index contributed by atoms with van der Waals surface area (Å²) in [5.41, 5.74) is 1.33. The molecular formula is C22H25FN2O3. The molecule has 6 heteroatoms. The number of benzene rings is 2. The predicted molar refractivity (Wildman–Crippen MR) is 107 cm³/mol. The molecule has 2 aromatic rings. The zero-order valence-electron chi connectivity index (χ0n) is 15.9. The van der Waals surface area contributed by atoms with Gasteiger partial charge in [0.1, 0.15) is 11.6 Å². The summed E-state index contributed by atoms with van der Waals surface area (Å²) < 4.78 is 18.3. The standard InChI is InChI=1S/C22H25FN2O3/c1-2-28-20-13-11-19(12-14-20)25-22(27)16-5-3-15(4-6-16)21(26)24-18-9-7-17(23)8-10-18/h7-16H,2-6H2,1H3,(H,24,26)(H,25,27). The number of hydrogen-bond acceptors (Lipinski definition) is 3. The van der Waals surface area contributed by atoms with E-state index in [9.17, 15) is 14.0 Å². The van der Waals surface area contributed by atoms with Crippen molar-refractivity contribution >= 4 is 23.2 Å². The molecule has 0 aliphatic heterocycles. The van der Waals surface area contributed by atoms with Gasteiger partial charge in [0.05, 0.1) is 6.61 Å². The third-order valence-corrected chi connectivity index (χ3v) is 5.01. The number of hydrogen-bond donors (Lipinski definition) is 2. The number of rotatable bonds is 6. The van der Waals surface area contributed by atoms with Crippen molar-refractivity contribution in [1.82, 2.24) is 0 Å². The van der Waals surface area contributed by atoms with Crippen LogP contribution in [0.1, 0.15) is 32.6 Å². The van der Waals surface area contributed by atoms with E-state index in [0.29, 0.717) is 38.0 Å². The van der Waals surface area contributed by atoms with Gasteiger partial charge in [-0.25, -0.2) is 4.39 Å². The van der Waals surface area contributed by atoms with Gasteiger partial charge in [0.2, 0.25) is 11.8 Å². The molecule has 2 N–H and O–H groups in total. The Kier molecular flexibility index (Phi) is 6.63. The lowest BCUT2D eigenvalue weighted by Gasteiger charge is -2.27. The molecule has 28 heavy (non-hydrogen) atoms. The lowest BCUT2D eigenvalue weighted by Crippen LogP contribution is -2.32. The lowest BCUT2D eigenvalue weighted by atomic mass is 9.81. The van der Waals surface area contributed by atoms with Crippen molar-refractivity contribution < 1.29 is 18.7 Å². The smallest absolute Gasteiger partial charge is 0.227 e. The molecule has 3 rings (SSSR count). The second-order valence-electron chi connectivity index (χ2n) is 6.99. The normalized spacial score (nSPS) is 18.9. The van der Waals surface area contributed by atoms with E-state index in [1.54, 1.807) is 12.1 Å². The molecule has 1 aliphatic carbocycles. The predicted octanol–water partition coefficient (Wildman–Crippen LogP) is 4.61. The van der Waals surface area contributed by atoms with Crippen LogP contribution in [0.15, 0.2) is 48.5 Å². The van der Waals surface area contributed by atoms with Crippen molar-refractivity contribution in [2.45, 2.75) is 32.6 Å². The maximum Gasteiger partial charge on any atom is 0.227 e. The zero-order chi connectivity index (χ0) is 19.9. The van der Waals surface area contributed by atoms with Gasteiger partial charge in [-0.1, -0.05) is 0 Å². The summed E-state index contributed by atoms with van der Waals surface area (Å²) in [6, 6.07) is 13.0. The van der Waals surface area contributed by atoms with Crippen LogP contribution >= 0.6 is 0 Å². The maximum absolute atomic E-state index is 13.0. The molecule has 0 radical (unpaired) electrons. The highest BCUT2D eigenvalue weighted by molar-refractivity contribution is 5.94. The lowest BCUT2D eigenvalue weighted by molar-refractivity contribution is -0.125. The Morgan fingerprint density at radius 3 is 1.71 bits per heavy atom. The average molecular weight is 384 g/mol. The number of carbonyl (C=O) groups is 2. The first-order valence-electron chi connectivity index (χ1n) is 9.65. The third kappa shape index (κ3) is 5.31. The van der Waals surface area contributed by atoms with Crippen LogP contribution < -0.4 is 15.4 Å². The fourth-order valence-corrected chi connectivity index (χ4v) is 3.44. The molecule has 0 heterocycles. The summed E-state index contributed by atoms with van der Waals surface area (Å²) in [7, 11) is 0. The molecule has 1 fully saturated rings. The van der Waals surface area contributed by atoms with Crippen molar-refractivity contribution in [3.8, 4) is 5.75 Å². The van der Waals surface area contributed by atoms with E-state index in [4.69, 9.17) is 4.74 Å². The summed E-state index contributed by atoms with van der Waals surface area (Å²) in [5, 5.41) is 5.76. The zero-order valence-corrected chi connectivity index (χ0v) is 15.9. The fraction of sp³-hybridized carbons (Fsp3) is 0.364. The number of halogens is 1. The highest BCUT2D eigenvalue weighted by Crippen LogP contribution is 2.31. The molecule has 0 unspecified atom stereocenters. The molecule has 0 atom stereocenters. The first-order chi connectivity index (χ1) is 13.5. The Morgan fingerprint density at radius 1 is 0.857 bits per heavy atom. The SMILES string of the molecule is CCOc1ccc(NC(=O)C2CCC(C(=O)Nc3ccc(F)cc3)CC2)cc1. The second kappa shape index (κ2) is 9.35. The quantitative estimate of drug-likeness (QED) is 0.764. The monoisotopic (exact) mass is 384 g/mol. The Morgan fingerprint density at radius 2 is 1.29 bits per heavy atom. The van der Waals surface area contributed by atoms with E-state index < -0.39 is 0 Å². The Hall–Kier alpha value is -2.89. The first-order valence-corrected chi connectivity index (χ1v) is 9.65. The highest BCUT2D eigenvalue weighted by Gasteiger charge is 2.30. The molecule has 2 amide bonds. The van der Waals surface area contributed by atoms with Gasteiger partial charge in [0.15, 0.2) is 0 Å². The average Bonchev–Trinajstić information content (AvgIpc) is 2.71. The number of nitrogens with one attached hydrogen (secondary N) is 2. The minimum Gasteiger partial charge on any atom is -0.494 e. The number of ether oxygens (including phenoxy) is 1. The fourth-order valence-electron chi connectivity index (χ4n) is 3.44.